The van der Waals surface area contributed by atoms with E-state index < -0.39 is 30.8 Å². The number of thioether (sulfide) groups is 1. The summed E-state index contributed by atoms with van der Waals surface area (Å²) in [5.41, 5.74) is 2.35. The van der Waals surface area contributed by atoms with Gasteiger partial charge in [0.05, 0.1) is 6.10 Å². The number of rotatable bonds is 14. The minimum absolute atomic E-state index is 0.0911. The summed E-state index contributed by atoms with van der Waals surface area (Å²) in [7, 11) is 2.02. The topological polar surface area (TPSA) is 43.7 Å². The molecule has 0 aromatic heterocycles. The zero-order valence-corrected chi connectivity index (χ0v) is 26.1. The molecule has 10 heteroatoms. The van der Waals surface area contributed by atoms with Crippen LogP contribution in [0.3, 0.4) is 0 Å². The Morgan fingerprint density at radius 3 is 2.44 bits per heavy atom. The first kappa shape index (κ1) is 34.5. The number of alkyl halides is 6. The Morgan fingerprint density at radius 2 is 1.72 bits per heavy atom. The fourth-order valence-corrected chi connectivity index (χ4v) is 8.99. The number of benzene rings is 1. The molecule has 0 amide bonds. The molecule has 1 aromatic rings. The van der Waals surface area contributed by atoms with Crippen molar-refractivity contribution in [2.75, 3.05) is 31.6 Å². The van der Waals surface area contributed by atoms with Crippen LogP contribution in [0.15, 0.2) is 30.4 Å². The highest BCUT2D eigenvalue weighted by Gasteiger charge is 2.59. The van der Waals surface area contributed by atoms with Crippen LogP contribution in [0.1, 0.15) is 94.3 Å². The third-order valence-corrected chi connectivity index (χ3v) is 11.7. The number of phenols is 1. The first-order valence-corrected chi connectivity index (χ1v) is 16.9. The molecule has 2 N–H and O–H groups in total. The predicted molar refractivity (Wildman–Crippen MR) is 160 cm³/mol. The van der Waals surface area contributed by atoms with Gasteiger partial charge in [0.15, 0.2) is 0 Å². The summed E-state index contributed by atoms with van der Waals surface area (Å²) in [6, 6.07) is 5.16. The summed E-state index contributed by atoms with van der Waals surface area (Å²) in [5.74, 6) is -3.18. The number of unbranched alkanes of at least 4 members (excludes halogenated alkanes) is 2. The first-order valence-electron chi connectivity index (χ1n) is 15.7. The molecule has 3 nitrogen and oxygen atoms in total. The summed E-state index contributed by atoms with van der Waals surface area (Å²) < 4.78 is 78.9. The van der Waals surface area contributed by atoms with Crippen LogP contribution in [0.25, 0.3) is 0 Å². The van der Waals surface area contributed by atoms with Crippen molar-refractivity contribution in [2.24, 2.45) is 23.2 Å². The zero-order chi connectivity index (χ0) is 31.6. The quantitative estimate of drug-likeness (QED) is 0.122. The third kappa shape index (κ3) is 7.54. The van der Waals surface area contributed by atoms with Crippen molar-refractivity contribution < 1.29 is 36.6 Å². The summed E-state index contributed by atoms with van der Waals surface area (Å²) in [6.07, 6.45) is -1.64. The minimum atomic E-state index is -5.48. The molecule has 0 saturated heterocycles. The molecule has 3 aliphatic rings. The second-order valence-electron chi connectivity index (χ2n) is 13.3. The average Bonchev–Trinajstić information content (AvgIpc) is 3.17. The molecule has 0 heterocycles. The van der Waals surface area contributed by atoms with Crippen molar-refractivity contribution in [3.8, 4) is 5.75 Å². The maximum Gasteiger partial charge on any atom is 0.453 e. The molecule has 4 rings (SSSR count). The number of hydrogen-bond donors (Lipinski definition) is 2. The molecular weight excluding hydrogens is 588 g/mol. The highest BCUT2D eigenvalue weighted by molar-refractivity contribution is 7.99. The Kier molecular flexibility index (Phi) is 11.2. The van der Waals surface area contributed by atoms with E-state index in [2.05, 4.69) is 18.4 Å². The fraction of sp³-hybridized carbons (Fsp3) is 0.758. The maximum atomic E-state index is 16.3. The number of halogens is 6. The van der Waals surface area contributed by atoms with Crippen LogP contribution >= 0.6 is 11.8 Å². The summed E-state index contributed by atoms with van der Waals surface area (Å²) in [6.45, 7) is 8.13. The molecule has 0 radical (unpaired) electrons. The summed E-state index contributed by atoms with van der Waals surface area (Å²) in [4.78, 5) is 2.20. The molecule has 3 unspecified atom stereocenters. The van der Waals surface area contributed by atoms with Gasteiger partial charge in [-0.25, -0.2) is 4.39 Å². The first-order chi connectivity index (χ1) is 20.2. The lowest BCUT2D eigenvalue weighted by Crippen LogP contribution is -2.45. The zero-order valence-electron chi connectivity index (χ0n) is 25.3. The second-order valence-corrected chi connectivity index (χ2v) is 14.6. The predicted octanol–water partition coefficient (Wildman–Crippen LogP) is 9.06. The van der Waals surface area contributed by atoms with Gasteiger partial charge in [0.1, 0.15) is 11.9 Å². The van der Waals surface area contributed by atoms with Gasteiger partial charge in [-0.15, -0.1) is 0 Å². The van der Waals surface area contributed by atoms with Crippen LogP contribution in [-0.2, 0) is 0 Å². The minimum Gasteiger partial charge on any atom is -0.508 e. The van der Waals surface area contributed by atoms with Gasteiger partial charge >= 0.3 is 12.1 Å². The molecule has 7 atom stereocenters. The van der Waals surface area contributed by atoms with Gasteiger partial charge in [-0.05, 0) is 135 Å². The molecule has 3 aliphatic carbocycles. The van der Waals surface area contributed by atoms with E-state index in [9.17, 15) is 32.2 Å². The Morgan fingerprint density at radius 1 is 1.02 bits per heavy atom. The van der Waals surface area contributed by atoms with Crippen molar-refractivity contribution in [1.82, 2.24) is 4.90 Å². The van der Waals surface area contributed by atoms with Crippen LogP contribution < -0.4 is 0 Å². The number of aliphatic hydroxyl groups is 1. The molecule has 1 aromatic carbocycles. The lowest BCUT2D eigenvalue weighted by atomic mass is 9.51. The lowest BCUT2D eigenvalue weighted by Gasteiger charge is -2.53. The Bertz CT molecular complexity index is 1100. The van der Waals surface area contributed by atoms with Gasteiger partial charge in [0, 0.05) is 6.42 Å². The molecule has 2 saturated carbocycles. The molecule has 43 heavy (non-hydrogen) atoms. The van der Waals surface area contributed by atoms with Crippen LogP contribution in [0.2, 0.25) is 0 Å². The van der Waals surface area contributed by atoms with Gasteiger partial charge in [-0.2, -0.15) is 33.7 Å². The van der Waals surface area contributed by atoms with E-state index in [4.69, 9.17) is 0 Å². The van der Waals surface area contributed by atoms with E-state index in [1.54, 1.807) is 12.1 Å². The largest absolute Gasteiger partial charge is 0.508 e. The van der Waals surface area contributed by atoms with Gasteiger partial charge in [0.2, 0.25) is 0 Å². The number of aliphatic hydroxyl groups excluding tert-OH is 1. The van der Waals surface area contributed by atoms with E-state index in [0.717, 1.165) is 69.2 Å². The van der Waals surface area contributed by atoms with E-state index in [1.807, 2.05) is 13.1 Å². The van der Waals surface area contributed by atoms with Crippen molar-refractivity contribution in [3.63, 3.8) is 0 Å². The Balaban J connectivity index is 1.22. The molecule has 2 fully saturated rings. The average molecular weight is 636 g/mol. The maximum absolute atomic E-state index is 16.3. The molecule has 0 bridgehead atoms. The van der Waals surface area contributed by atoms with Crippen molar-refractivity contribution in [3.05, 3.63) is 41.5 Å². The Hall–Kier alpha value is -1.39. The highest BCUT2D eigenvalue weighted by Crippen LogP contribution is 2.66. The van der Waals surface area contributed by atoms with E-state index >= 15 is 4.39 Å². The van der Waals surface area contributed by atoms with E-state index in [1.165, 1.54) is 11.8 Å². The monoisotopic (exact) mass is 635 g/mol. The SMILES string of the molecule is C=C1[C@H](O)CC2C3C(CC[C@]12C)c1ccc(O)cc1[C@H](F)[C@H]3CCCCCN(C)CCCSCCCC(F)(F)C(F)(F)F. The molecule has 244 valence electrons. The van der Waals surface area contributed by atoms with Crippen LogP contribution in [-0.4, -0.2) is 65.0 Å². The second kappa shape index (κ2) is 13.9. The van der Waals surface area contributed by atoms with E-state index in [0.29, 0.717) is 17.7 Å². The van der Waals surface area contributed by atoms with Crippen LogP contribution in [0, 0.1) is 23.2 Å². The number of fused-ring (bicyclic) bond motifs is 5. The summed E-state index contributed by atoms with van der Waals surface area (Å²) in [5, 5.41) is 20.9. The van der Waals surface area contributed by atoms with Crippen molar-refractivity contribution >= 4 is 11.8 Å². The van der Waals surface area contributed by atoms with Gasteiger partial charge in [-0.1, -0.05) is 32.4 Å². The van der Waals surface area contributed by atoms with Crippen molar-refractivity contribution in [1.29, 1.82) is 0 Å². The van der Waals surface area contributed by atoms with Gasteiger partial charge < -0.3 is 15.1 Å². The molecule has 0 aliphatic heterocycles. The van der Waals surface area contributed by atoms with Gasteiger partial charge in [0.25, 0.3) is 0 Å². The lowest BCUT2D eigenvalue weighted by molar-refractivity contribution is -0.284. The third-order valence-electron chi connectivity index (χ3n) is 10.6. The number of phenolic OH excluding ortho intramolecular Hbond substituents is 1. The van der Waals surface area contributed by atoms with Gasteiger partial charge in [-0.3, -0.25) is 0 Å². The van der Waals surface area contributed by atoms with E-state index in [-0.39, 0.29) is 47.0 Å². The summed E-state index contributed by atoms with van der Waals surface area (Å²) >= 11 is 1.41. The van der Waals surface area contributed by atoms with Crippen LogP contribution in [0.4, 0.5) is 26.3 Å². The number of aromatic hydroxyl groups is 1. The standard InChI is InChI=1S/C33H47F6NO2S/c1-21-28(42)20-27-29-24(12-14-31(21,27)2)23-11-10-22(41)19-26(23)30(34)25(29)9-5-4-6-15-40(3)16-8-18-43-17-7-13-32(35,36)33(37,38)39/h10-11,19,24-25,27-30,41-42H,1,4-9,12-18,20H2,2-3H3/t24?,25-,27?,28+,29?,30+,31+/m0/s1. The Labute approximate surface area is 256 Å². The van der Waals surface area contributed by atoms with Crippen LogP contribution in [0.5, 0.6) is 5.75 Å². The fourth-order valence-electron chi connectivity index (χ4n) is 8.11. The number of nitrogens with zero attached hydrogens (tertiary/aromatic N) is 1. The number of hydrogen-bond acceptors (Lipinski definition) is 4. The highest BCUT2D eigenvalue weighted by atomic mass is 32.2. The molecular formula is C33H47F6NO2S. The normalized spacial score (nSPS) is 30.8. The molecule has 0 spiro atoms. The smallest absolute Gasteiger partial charge is 0.453 e. The van der Waals surface area contributed by atoms with Crippen molar-refractivity contribution in [2.45, 2.75) is 101 Å².